The fourth-order valence-corrected chi connectivity index (χ4v) is 3.01. The standard InChI is InChI=1S/C20H41.C3H4O4.2K.Li/c1-4-6-8-10-11-12-13-14-15-17-19-20(3)18-16-9-7-5-2;4-2(5)1-3(6)7;;;/h4-19H2,1-3H3;1H2,(H,4,5)(H,6,7);;;/q-1;;3*+1/p-2. The van der Waals surface area contributed by atoms with Crippen molar-refractivity contribution < 1.29 is 141 Å². The third-order valence-corrected chi connectivity index (χ3v) is 4.70. The van der Waals surface area contributed by atoms with Gasteiger partial charge in [0.1, 0.15) is 0 Å². The topological polar surface area (TPSA) is 80.3 Å². The third-order valence-electron chi connectivity index (χ3n) is 4.70. The number of rotatable bonds is 18. The number of carbonyl (C=O) groups excluding carboxylic acids is 2. The number of hydrogen-bond acceptors (Lipinski definition) is 4. The molecule has 30 heavy (non-hydrogen) atoms. The Kier molecular flexibility index (Phi) is 52.1. The van der Waals surface area contributed by atoms with E-state index < -0.39 is 18.4 Å². The average molecular weight is 469 g/mol. The minimum Gasteiger partial charge on any atom is -0.550 e. The zero-order valence-electron chi connectivity index (χ0n) is 21.2. The molecule has 0 bridgehead atoms. The number of carboxylic acids is 2. The maximum absolute atomic E-state index is 9.28. The zero-order valence-corrected chi connectivity index (χ0v) is 27.4. The zero-order chi connectivity index (χ0) is 20.8. The van der Waals surface area contributed by atoms with Crippen LogP contribution in [0.25, 0.3) is 0 Å². The molecule has 0 saturated carbocycles. The Balaban J connectivity index is -0.000000180. The van der Waals surface area contributed by atoms with Crippen molar-refractivity contribution in [1.29, 1.82) is 0 Å². The maximum Gasteiger partial charge on any atom is 1.00 e. The number of hydrogen-bond donors (Lipinski definition) is 0. The fraction of sp³-hybridized carbons (Fsp3) is 0.870. The molecular formula is C23H43K2LiO4. The molecule has 162 valence electrons. The van der Waals surface area contributed by atoms with Gasteiger partial charge in [0.05, 0.1) is 0 Å². The molecule has 0 rings (SSSR count). The molecule has 0 spiro atoms. The number of aliphatic carboxylic acids is 2. The Bertz CT molecular complexity index is 333. The molecule has 0 saturated heterocycles. The van der Waals surface area contributed by atoms with Gasteiger partial charge in [-0.1, -0.05) is 104 Å². The second kappa shape index (κ2) is 36.4. The van der Waals surface area contributed by atoms with E-state index in [1.807, 2.05) is 0 Å². The summed E-state index contributed by atoms with van der Waals surface area (Å²) in [6, 6.07) is 0. The molecule has 0 heterocycles. The fourth-order valence-electron chi connectivity index (χ4n) is 3.01. The van der Waals surface area contributed by atoms with E-state index in [1.165, 1.54) is 103 Å². The van der Waals surface area contributed by atoms with Gasteiger partial charge in [-0.3, -0.25) is 0 Å². The first-order valence-corrected chi connectivity index (χ1v) is 11.1. The molecule has 0 aliphatic rings. The van der Waals surface area contributed by atoms with Crippen LogP contribution in [0.4, 0.5) is 0 Å². The van der Waals surface area contributed by atoms with Crippen molar-refractivity contribution in [3.05, 3.63) is 5.92 Å². The van der Waals surface area contributed by atoms with Gasteiger partial charge in [0.2, 0.25) is 0 Å². The first kappa shape index (κ1) is 42.9. The van der Waals surface area contributed by atoms with Gasteiger partial charge in [-0.15, -0.1) is 0 Å². The summed E-state index contributed by atoms with van der Waals surface area (Å²) in [6.45, 7) is 6.96. The smallest absolute Gasteiger partial charge is 0.550 e. The Labute approximate surface area is 284 Å². The van der Waals surface area contributed by atoms with E-state index in [9.17, 15) is 19.8 Å². The van der Waals surface area contributed by atoms with Gasteiger partial charge in [0.15, 0.2) is 0 Å². The summed E-state index contributed by atoms with van der Waals surface area (Å²) >= 11 is 0. The van der Waals surface area contributed by atoms with E-state index in [0.717, 1.165) is 0 Å². The molecule has 7 heteroatoms. The van der Waals surface area contributed by atoms with E-state index in [0.29, 0.717) is 0 Å². The van der Waals surface area contributed by atoms with Gasteiger partial charge in [-0.05, 0) is 0 Å². The van der Waals surface area contributed by atoms with Crippen LogP contribution in [0, 0.1) is 5.92 Å². The van der Waals surface area contributed by atoms with Crippen molar-refractivity contribution in [2.75, 3.05) is 0 Å². The van der Waals surface area contributed by atoms with Gasteiger partial charge in [0, 0.05) is 18.4 Å². The molecule has 0 amide bonds. The predicted molar refractivity (Wildman–Crippen MR) is 109 cm³/mol. The predicted octanol–water partition coefficient (Wildman–Crippen LogP) is -4.25. The van der Waals surface area contributed by atoms with Crippen LogP contribution in [0.3, 0.4) is 0 Å². The van der Waals surface area contributed by atoms with Crippen LogP contribution in [0.5, 0.6) is 0 Å². The molecule has 4 nitrogen and oxygen atoms in total. The summed E-state index contributed by atoms with van der Waals surface area (Å²) in [5, 5.41) is 18.6. The monoisotopic (exact) mass is 468 g/mol. The van der Waals surface area contributed by atoms with Gasteiger partial charge in [-0.2, -0.15) is 19.8 Å². The van der Waals surface area contributed by atoms with Crippen LogP contribution < -0.4 is 132 Å². The summed E-state index contributed by atoms with van der Waals surface area (Å²) in [7, 11) is 0. The third kappa shape index (κ3) is 44.5. The second-order valence-electron chi connectivity index (χ2n) is 7.62. The van der Waals surface area contributed by atoms with Crippen molar-refractivity contribution in [2.24, 2.45) is 0 Å². The van der Waals surface area contributed by atoms with Crippen molar-refractivity contribution in [3.63, 3.8) is 0 Å². The molecule has 0 atom stereocenters. The normalized spacial score (nSPS) is 9.47. The van der Waals surface area contributed by atoms with Crippen LogP contribution in [0.1, 0.15) is 130 Å². The van der Waals surface area contributed by atoms with Crippen molar-refractivity contribution in [3.8, 4) is 0 Å². The van der Waals surface area contributed by atoms with E-state index in [1.54, 1.807) is 5.92 Å². The first-order valence-electron chi connectivity index (χ1n) is 11.1. The second-order valence-corrected chi connectivity index (χ2v) is 7.62. The molecule has 0 unspecified atom stereocenters. The van der Waals surface area contributed by atoms with Gasteiger partial charge >= 0.3 is 122 Å². The van der Waals surface area contributed by atoms with E-state index in [4.69, 9.17) is 0 Å². The van der Waals surface area contributed by atoms with Gasteiger partial charge in [-0.25, -0.2) is 0 Å². The summed E-state index contributed by atoms with van der Waals surface area (Å²) < 4.78 is 0. The van der Waals surface area contributed by atoms with Crippen LogP contribution in [-0.4, -0.2) is 11.9 Å². The van der Waals surface area contributed by atoms with Crippen molar-refractivity contribution in [1.82, 2.24) is 0 Å². The summed E-state index contributed by atoms with van der Waals surface area (Å²) in [6.07, 6.45) is 21.9. The minimum atomic E-state index is -1.63. The summed E-state index contributed by atoms with van der Waals surface area (Å²) in [5.41, 5.74) is 0. The number of carboxylic acid groups (broad SMARTS) is 2. The Morgan fingerprint density at radius 3 is 1.13 bits per heavy atom. The summed E-state index contributed by atoms with van der Waals surface area (Å²) in [5.74, 6) is -1.50. The van der Waals surface area contributed by atoms with Crippen LogP contribution >= 0.6 is 0 Å². The molecule has 0 fully saturated rings. The molecule has 0 N–H and O–H groups in total. The van der Waals surface area contributed by atoms with Crippen molar-refractivity contribution >= 4 is 11.9 Å². The molecule has 0 aliphatic heterocycles. The quantitative estimate of drug-likeness (QED) is 0.0883. The Hall–Kier alpha value is 2.81. The van der Waals surface area contributed by atoms with Crippen LogP contribution in [0.2, 0.25) is 0 Å². The SMILES string of the molecule is CCCCCCCCCCCC[C-](C)CCCCCC.O=C([O-])CC(=O)[O-].[K+].[K+].[Li+]. The molecule has 0 radical (unpaired) electrons. The van der Waals surface area contributed by atoms with E-state index >= 15 is 0 Å². The van der Waals surface area contributed by atoms with Crippen LogP contribution in [-0.2, 0) is 9.59 Å². The molecule has 0 aromatic carbocycles. The number of carbonyl (C=O) groups is 2. The Morgan fingerprint density at radius 2 is 0.867 bits per heavy atom. The van der Waals surface area contributed by atoms with E-state index in [2.05, 4.69) is 20.8 Å². The van der Waals surface area contributed by atoms with Crippen molar-refractivity contribution in [2.45, 2.75) is 130 Å². The largest absolute Gasteiger partial charge is 1.00 e. The average Bonchev–Trinajstić information content (AvgIpc) is 2.59. The van der Waals surface area contributed by atoms with Gasteiger partial charge in [0.25, 0.3) is 0 Å². The maximum atomic E-state index is 9.28. The summed E-state index contributed by atoms with van der Waals surface area (Å²) in [4.78, 5) is 18.6. The van der Waals surface area contributed by atoms with Crippen LogP contribution in [0.15, 0.2) is 0 Å². The molecular weight excluding hydrogens is 425 g/mol. The van der Waals surface area contributed by atoms with Gasteiger partial charge < -0.3 is 25.7 Å². The first-order chi connectivity index (χ1) is 12.9. The minimum absolute atomic E-state index is 0. The Morgan fingerprint density at radius 1 is 0.600 bits per heavy atom. The number of unbranched alkanes of at least 4 members (excludes halogenated alkanes) is 12. The molecule has 0 aromatic heterocycles. The van der Waals surface area contributed by atoms with E-state index in [-0.39, 0.29) is 122 Å². The molecule has 0 aliphatic carbocycles. The molecule has 0 aromatic rings.